The van der Waals surface area contributed by atoms with Gasteiger partial charge in [-0.2, -0.15) is 0 Å². The van der Waals surface area contributed by atoms with E-state index in [-0.39, 0.29) is 25.7 Å². The summed E-state index contributed by atoms with van der Waals surface area (Å²) in [5.41, 5.74) is 0. The third-order valence-electron chi connectivity index (χ3n) is 16.1. The predicted molar refractivity (Wildman–Crippen MR) is 399 cm³/mol. The van der Waals surface area contributed by atoms with Crippen molar-refractivity contribution in [2.45, 2.75) is 341 Å². The van der Waals surface area contributed by atoms with Crippen LogP contribution < -0.4 is 0 Å². The summed E-state index contributed by atoms with van der Waals surface area (Å²) in [7, 11) is -9.96. The molecular formula is C79H138O17P2. The number of phosphoric ester groups is 2. The van der Waals surface area contributed by atoms with Gasteiger partial charge in [0.1, 0.15) is 19.3 Å². The molecule has 3 N–H and O–H groups in total. The summed E-state index contributed by atoms with van der Waals surface area (Å²) in [6, 6.07) is 0. The molecule has 0 radical (unpaired) electrons. The molecule has 0 spiro atoms. The number of esters is 4. The minimum absolute atomic E-state index is 0.0882. The molecule has 5 unspecified atom stereocenters. The lowest BCUT2D eigenvalue weighted by Gasteiger charge is -2.21. The van der Waals surface area contributed by atoms with E-state index in [1.807, 2.05) is 0 Å². The number of carbonyl (C=O) groups excluding carboxylic acids is 4. The Kier molecular flexibility index (Phi) is 68.4. The van der Waals surface area contributed by atoms with Crippen LogP contribution in [0.3, 0.4) is 0 Å². The first-order chi connectivity index (χ1) is 47.7. The lowest BCUT2D eigenvalue weighted by Crippen LogP contribution is -2.30. The van der Waals surface area contributed by atoms with Crippen molar-refractivity contribution in [3.8, 4) is 0 Å². The normalized spacial score (nSPS) is 14.5. The van der Waals surface area contributed by atoms with Crippen LogP contribution in [-0.2, 0) is 65.4 Å². The van der Waals surface area contributed by atoms with Crippen molar-refractivity contribution in [3.05, 3.63) is 97.2 Å². The molecule has 17 nitrogen and oxygen atoms in total. The molecule has 0 aliphatic heterocycles. The summed E-state index contributed by atoms with van der Waals surface area (Å²) >= 11 is 0. The number of hydrogen-bond acceptors (Lipinski definition) is 15. The van der Waals surface area contributed by atoms with Gasteiger partial charge < -0.3 is 33.8 Å². The van der Waals surface area contributed by atoms with Gasteiger partial charge in [0.2, 0.25) is 0 Å². The van der Waals surface area contributed by atoms with Gasteiger partial charge in [-0.05, 0) is 103 Å². The van der Waals surface area contributed by atoms with Gasteiger partial charge in [0.15, 0.2) is 12.2 Å². The molecule has 0 fully saturated rings. The second kappa shape index (κ2) is 71.4. The highest BCUT2D eigenvalue weighted by atomic mass is 31.2. The van der Waals surface area contributed by atoms with Crippen molar-refractivity contribution in [2.75, 3.05) is 39.6 Å². The van der Waals surface area contributed by atoms with Gasteiger partial charge in [-0.15, -0.1) is 0 Å². The topological polar surface area (TPSA) is 237 Å². The molecule has 0 heterocycles. The molecule has 0 aromatic heterocycles. The summed E-state index contributed by atoms with van der Waals surface area (Å²) in [4.78, 5) is 72.8. The third-order valence-corrected chi connectivity index (χ3v) is 18.0. The van der Waals surface area contributed by atoms with Crippen molar-refractivity contribution in [2.24, 2.45) is 0 Å². The van der Waals surface area contributed by atoms with Gasteiger partial charge in [-0.1, -0.05) is 292 Å². The Bertz CT molecular complexity index is 2240. The molecule has 0 rings (SSSR count). The zero-order valence-corrected chi connectivity index (χ0v) is 63.5. The average molecular weight is 1420 g/mol. The van der Waals surface area contributed by atoms with Crippen molar-refractivity contribution in [1.29, 1.82) is 0 Å². The Labute approximate surface area is 595 Å². The van der Waals surface area contributed by atoms with Crippen LogP contribution in [0.15, 0.2) is 97.2 Å². The molecule has 566 valence electrons. The second-order valence-electron chi connectivity index (χ2n) is 25.5. The van der Waals surface area contributed by atoms with E-state index >= 15 is 0 Å². The van der Waals surface area contributed by atoms with Crippen LogP contribution in [0.2, 0.25) is 0 Å². The number of rotatable bonds is 72. The number of hydrogen-bond donors (Lipinski definition) is 3. The second-order valence-corrected chi connectivity index (χ2v) is 28.5. The maximum Gasteiger partial charge on any atom is 0.472 e. The van der Waals surface area contributed by atoms with Crippen LogP contribution in [-0.4, -0.2) is 96.7 Å². The number of carbonyl (C=O) groups is 4. The summed E-state index contributed by atoms with van der Waals surface area (Å²) in [5.74, 6) is -2.25. The molecule has 0 aromatic rings. The Morgan fingerprint density at radius 2 is 0.531 bits per heavy atom. The Morgan fingerprint density at radius 1 is 0.296 bits per heavy atom. The lowest BCUT2D eigenvalue weighted by molar-refractivity contribution is -0.161. The highest BCUT2D eigenvalue weighted by Crippen LogP contribution is 2.45. The van der Waals surface area contributed by atoms with Gasteiger partial charge in [0.05, 0.1) is 26.4 Å². The van der Waals surface area contributed by atoms with Crippen LogP contribution in [0.5, 0.6) is 0 Å². The van der Waals surface area contributed by atoms with Gasteiger partial charge in [0, 0.05) is 25.7 Å². The van der Waals surface area contributed by atoms with E-state index in [1.54, 1.807) is 0 Å². The van der Waals surface area contributed by atoms with Crippen molar-refractivity contribution >= 4 is 39.5 Å². The van der Waals surface area contributed by atoms with Crippen LogP contribution in [0, 0.1) is 0 Å². The number of aliphatic hydroxyl groups is 1. The lowest BCUT2D eigenvalue weighted by atomic mass is 10.0. The van der Waals surface area contributed by atoms with Crippen molar-refractivity contribution < 1.29 is 80.2 Å². The fraction of sp³-hybridized carbons (Fsp3) is 0.747. The zero-order valence-electron chi connectivity index (χ0n) is 61.7. The fourth-order valence-electron chi connectivity index (χ4n) is 10.3. The standard InChI is InChI=1S/C79H138O17P2/c1-5-9-13-17-21-25-29-33-36-40-43-47-51-55-59-63-76(81)89-69-74(95-78(83)65-61-57-53-49-45-39-32-28-24-20-16-12-8-4)71-93-97(85,86)91-67-73(80)68-92-98(87,88)94-72-75(96-79(84)66-62-58-54-50-46-42-38-35-31-27-23-19-15-11-7-3)70-90-77(82)64-60-56-52-48-44-41-37-34-30-26-22-18-14-10-6-2/h9-10,13-14,21-22,25-26,33-34,36-37,43-44,47-48,73-75,80H,5-8,11-12,15-20,23-24,27-32,35,38-42,45-46,49-72H2,1-4H3,(H,85,86)(H,87,88)/b13-9-,14-10-,25-21-,26-22-,36-33-,37-34-,47-43-,48-44-. The first kappa shape index (κ1) is 94.0. The van der Waals surface area contributed by atoms with E-state index in [0.29, 0.717) is 25.7 Å². The molecule has 0 saturated heterocycles. The molecular weight excluding hydrogens is 1280 g/mol. The SMILES string of the molecule is CC/C=C\C/C=C\C/C=C\C/C=C\CCCCC(=O)OCC(COP(=O)(O)OCC(O)COP(=O)(O)OCC(COC(=O)CCCC/C=C\C/C=C\C/C=C\C/C=C\CC)OC(=O)CCCCCCCCCCCCCCCCC)OC(=O)CCCCCCCCCCCCCCC. The smallest absolute Gasteiger partial charge is 0.462 e. The summed E-state index contributed by atoms with van der Waals surface area (Å²) in [5, 5.41) is 10.6. The zero-order chi connectivity index (χ0) is 71.8. The van der Waals surface area contributed by atoms with Gasteiger partial charge in [0.25, 0.3) is 0 Å². The molecule has 0 amide bonds. The summed E-state index contributed by atoms with van der Waals surface area (Å²) in [6.07, 6.45) is 74.0. The molecule has 0 bridgehead atoms. The maximum atomic E-state index is 13.1. The van der Waals surface area contributed by atoms with E-state index in [0.717, 1.165) is 128 Å². The van der Waals surface area contributed by atoms with E-state index in [4.69, 9.17) is 37.0 Å². The monoisotopic (exact) mass is 1420 g/mol. The molecule has 0 saturated carbocycles. The van der Waals surface area contributed by atoms with Crippen LogP contribution >= 0.6 is 15.6 Å². The van der Waals surface area contributed by atoms with E-state index in [1.165, 1.54) is 116 Å². The van der Waals surface area contributed by atoms with Crippen LogP contribution in [0.1, 0.15) is 323 Å². The van der Waals surface area contributed by atoms with Gasteiger partial charge in [-0.3, -0.25) is 37.3 Å². The van der Waals surface area contributed by atoms with E-state index < -0.39 is 97.5 Å². The molecule has 0 aliphatic carbocycles. The molecule has 19 heteroatoms. The molecule has 0 aliphatic rings. The van der Waals surface area contributed by atoms with Crippen LogP contribution in [0.25, 0.3) is 0 Å². The van der Waals surface area contributed by atoms with Crippen molar-refractivity contribution in [3.63, 3.8) is 0 Å². The van der Waals surface area contributed by atoms with Gasteiger partial charge in [-0.25, -0.2) is 9.13 Å². The Balaban J connectivity index is 5.39. The first-order valence-electron chi connectivity index (χ1n) is 38.5. The highest BCUT2D eigenvalue weighted by molar-refractivity contribution is 7.47. The minimum atomic E-state index is -4.98. The average Bonchev–Trinajstić information content (AvgIpc) is 0.959. The number of unbranched alkanes of at least 4 members (excludes halogenated alkanes) is 30. The molecule has 98 heavy (non-hydrogen) atoms. The predicted octanol–water partition coefficient (Wildman–Crippen LogP) is 22.0. The number of aliphatic hydroxyl groups excluding tert-OH is 1. The molecule has 5 atom stereocenters. The summed E-state index contributed by atoms with van der Waals surface area (Å²) < 4.78 is 68.4. The number of phosphoric acid groups is 2. The fourth-order valence-corrected chi connectivity index (χ4v) is 11.8. The van der Waals surface area contributed by atoms with E-state index in [2.05, 4.69) is 125 Å². The quantitative estimate of drug-likeness (QED) is 0.0169. The van der Waals surface area contributed by atoms with Crippen LogP contribution in [0.4, 0.5) is 0 Å². The minimum Gasteiger partial charge on any atom is -0.462 e. The largest absolute Gasteiger partial charge is 0.472 e. The maximum absolute atomic E-state index is 13.1. The number of ether oxygens (including phenoxy) is 4. The highest BCUT2D eigenvalue weighted by Gasteiger charge is 2.30. The third kappa shape index (κ3) is 70.4. The number of allylic oxidation sites excluding steroid dienone is 16. The van der Waals surface area contributed by atoms with E-state index in [9.17, 15) is 43.2 Å². The Morgan fingerprint density at radius 3 is 0.816 bits per heavy atom. The Hall–Kier alpha value is -4.02. The van der Waals surface area contributed by atoms with Gasteiger partial charge >= 0.3 is 39.5 Å². The molecule has 0 aromatic carbocycles. The summed E-state index contributed by atoms with van der Waals surface area (Å²) in [6.45, 7) is 4.59. The first-order valence-corrected chi connectivity index (χ1v) is 41.5. The van der Waals surface area contributed by atoms with Crippen molar-refractivity contribution in [1.82, 2.24) is 0 Å².